The predicted octanol–water partition coefficient (Wildman–Crippen LogP) is 2.43. The fourth-order valence-electron chi connectivity index (χ4n) is 2.07. The van der Waals surface area contributed by atoms with E-state index in [9.17, 15) is 8.78 Å². The van der Waals surface area contributed by atoms with Crippen molar-refractivity contribution in [1.29, 1.82) is 0 Å². The lowest BCUT2D eigenvalue weighted by atomic mass is 10.1. The number of nitrogens with zero attached hydrogens (tertiary/aromatic N) is 1. The van der Waals surface area contributed by atoms with Gasteiger partial charge in [-0.1, -0.05) is 0 Å². The third kappa shape index (κ3) is 5.33. The largest absolute Gasteiger partial charge is 0.454 e. The van der Waals surface area contributed by atoms with Gasteiger partial charge in [0.05, 0.1) is 6.54 Å². The van der Waals surface area contributed by atoms with E-state index in [1.54, 1.807) is 17.8 Å². The highest BCUT2D eigenvalue weighted by Gasteiger charge is 2.20. The van der Waals surface area contributed by atoms with Crippen LogP contribution < -0.4 is 24.8 Å². The van der Waals surface area contributed by atoms with Gasteiger partial charge < -0.3 is 24.8 Å². The number of hydrogen-bond acceptors (Lipinski definition) is 5. The molecule has 6 nitrogen and oxygen atoms in total. The third-order valence-corrected chi connectivity index (χ3v) is 3.73. The van der Waals surface area contributed by atoms with Crippen molar-refractivity contribution < 1.29 is 23.0 Å². The molecule has 24 heavy (non-hydrogen) atoms. The molecule has 0 radical (unpaired) electrons. The van der Waals surface area contributed by atoms with Crippen LogP contribution in [0.2, 0.25) is 0 Å². The van der Waals surface area contributed by atoms with Crippen molar-refractivity contribution in [3.05, 3.63) is 17.7 Å². The molecular formula is C15H21F2N3O3S. The molecule has 1 aromatic carbocycles. The Morgan fingerprint density at radius 1 is 1.33 bits per heavy atom. The Morgan fingerprint density at radius 3 is 2.75 bits per heavy atom. The molecule has 0 saturated heterocycles. The minimum atomic E-state index is -2.92. The molecular weight excluding hydrogens is 340 g/mol. The number of guanidine groups is 1. The zero-order valence-corrected chi connectivity index (χ0v) is 14.4. The lowest BCUT2D eigenvalue weighted by molar-refractivity contribution is -0.0505. The number of alkyl halides is 2. The van der Waals surface area contributed by atoms with Gasteiger partial charge in [-0.2, -0.15) is 20.5 Å². The highest BCUT2D eigenvalue weighted by molar-refractivity contribution is 7.98. The maximum Gasteiger partial charge on any atom is 0.387 e. The number of fused-ring (bicyclic) bond motifs is 1. The van der Waals surface area contributed by atoms with Crippen LogP contribution in [0.15, 0.2) is 17.1 Å². The monoisotopic (exact) mass is 361 g/mol. The standard InChI is InChI=1S/C15H21F2N3O3S/c1-3-18-15(19-4-5-24-2)20-8-10-6-12-13(22-9-21-12)7-11(10)23-14(16)17/h6-7,14H,3-5,8-9H2,1-2H3,(H2,18,19,20). The molecule has 1 aliphatic rings. The van der Waals surface area contributed by atoms with Crippen molar-refractivity contribution in [2.45, 2.75) is 20.1 Å². The van der Waals surface area contributed by atoms with Crippen LogP contribution in [0.5, 0.6) is 17.2 Å². The van der Waals surface area contributed by atoms with E-state index in [-0.39, 0.29) is 19.1 Å². The number of thioether (sulfide) groups is 1. The highest BCUT2D eigenvalue weighted by atomic mass is 32.2. The van der Waals surface area contributed by atoms with Crippen molar-refractivity contribution in [3.63, 3.8) is 0 Å². The second-order valence-electron chi connectivity index (χ2n) is 4.81. The summed E-state index contributed by atoms with van der Waals surface area (Å²) in [5, 5.41) is 6.29. The molecule has 0 atom stereocenters. The van der Waals surface area contributed by atoms with E-state index < -0.39 is 6.61 Å². The minimum Gasteiger partial charge on any atom is -0.454 e. The molecule has 2 rings (SSSR count). The third-order valence-electron chi connectivity index (χ3n) is 3.12. The van der Waals surface area contributed by atoms with Gasteiger partial charge in [0, 0.05) is 30.5 Å². The second kappa shape index (κ2) is 9.41. The van der Waals surface area contributed by atoms with E-state index in [2.05, 4.69) is 20.4 Å². The normalized spacial score (nSPS) is 13.3. The first-order valence-electron chi connectivity index (χ1n) is 7.52. The van der Waals surface area contributed by atoms with Gasteiger partial charge >= 0.3 is 6.61 Å². The molecule has 0 fully saturated rings. The molecule has 2 N–H and O–H groups in total. The van der Waals surface area contributed by atoms with E-state index in [4.69, 9.17) is 9.47 Å². The first-order valence-corrected chi connectivity index (χ1v) is 8.91. The van der Waals surface area contributed by atoms with Gasteiger partial charge in [0.1, 0.15) is 5.75 Å². The molecule has 0 saturated carbocycles. The molecule has 0 spiro atoms. The summed E-state index contributed by atoms with van der Waals surface area (Å²) in [4.78, 5) is 4.41. The number of rotatable bonds is 8. The molecule has 0 amide bonds. The number of benzene rings is 1. The summed E-state index contributed by atoms with van der Waals surface area (Å²) in [6.07, 6.45) is 2.02. The first kappa shape index (κ1) is 18.4. The Hall–Kier alpha value is -1.90. The van der Waals surface area contributed by atoms with E-state index in [1.807, 2.05) is 13.2 Å². The molecule has 1 heterocycles. The summed E-state index contributed by atoms with van der Waals surface area (Å²) in [6, 6.07) is 3.03. The van der Waals surface area contributed by atoms with E-state index in [0.29, 0.717) is 29.6 Å². The lowest BCUT2D eigenvalue weighted by Crippen LogP contribution is -2.38. The van der Waals surface area contributed by atoms with Gasteiger partial charge in [0.15, 0.2) is 17.5 Å². The molecule has 0 aliphatic carbocycles. The Bertz CT molecular complexity index is 573. The van der Waals surface area contributed by atoms with Crippen molar-refractivity contribution in [2.24, 2.45) is 4.99 Å². The van der Waals surface area contributed by atoms with E-state index in [0.717, 1.165) is 12.3 Å². The summed E-state index contributed by atoms with van der Waals surface area (Å²) in [7, 11) is 0. The summed E-state index contributed by atoms with van der Waals surface area (Å²) < 4.78 is 40.3. The Balaban J connectivity index is 2.14. The molecule has 1 aliphatic heterocycles. The Morgan fingerprint density at radius 2 is 2.08 bits per heavy atom. The van der Waals surface area contributed by atoms with Crippen LogP contribution in [0.1, 0.15) is 12.5 Å². The van der Waals surface area contributed by atoms with Gasteiger partial charge in [-0.25, -0.2) is 4.99 Å². The van der Waals surface area contributed by atoms with Crippen molar-refractivity contribution >= 4 is 17.7 Å². The number of nitrogens with one attached hydrogen (secondary N) is 2. The van der Waals surface area contributed by atoms with Crippen LogP contribution in [0.25, 0.3) is 0 Å². The second-order valence-corrected chi connectivity index (χ2v) is 5.79. The molecule has 1 aromatic rings. The summed E-state index contributed by atoms with van der Waals surface area (Å²) in [5.74, 6) is 2.49. The van der Waals surface area contributed by atoms with E-state index in [1.165, 1.54) is 6.07 Å². The molecule has 0 bridgehead atoms. The summed E-state index contributed by atoms with van der Waals surface area (Å²) in [6.45, 7) is 0.738. The van der Waals surface area contributed by atoms with Crippen LogP contribution in [0.3, 0.4) is 0 Å². The first-order chi connectivity index (χ1) is 11.6. The Labute approximate surface area is 143 Å². The number of aliphatic imine (C=N–C) groups is 1. The number of ether oxygens (including phenoxy) is 3. The van der Waals surface area contributed by atoms with Crippen molar-refractivity contribution in [3.8, 4) is 17.2 Å². The van der Waals surface area contributed by atoms with Crippen LogP contribution >= 0.6 is 11.8 Å². The lowest BCUT2D eigenvalue weighted by Gasteiger charge is -2.13. The smallest absolute Gasteiger partial charge is 0.387 e. The van der Waals surface area contributed by atoms with Crippen molar-refractivity contribution in [2.75, 3.05) is 31.9 Å². The van der Waals surface area contributed by atoms with Gasteiger partial charge in [0.25, 0.3) is 0 Å². The fourth-order valence-corrected chi connectivity index (χ4v) is 2.38. The number of halogens is 2. The predicted molar refractivity (Wildman–Crippen MR) is 90.4 cm³/mol. The SMILES string of the molecule is CCNC(=NCc1cc2c(cc1OC(F)F)OCO2)NCCSC. The van der Waals surface area contributed by atoms with Crippen molar-refractivity contribution in [1.82, 2.24) is 10.6 Å². The van der Waals surface area contributed by atoms with E-state index >= 15 is 0 Å². The summed E-state index contributed by atoms with van der Waals surface area (Å²) in [5.41, 5.74) is 0.501. The van der Waals surface area contributed by atoms with Crippen LogP contribution in [0.4, 0.5) is 8.78 Å². The fraction of sp³-hybridized carbons (Fsp3) is 0.533. The average Bonchev–Trinajstić information content (AvgIpc) is 2.99. The van der Waals surface area contributed by atoms with Crippen LogP contribution in [0, 0.1) is 0 Å². The van der Waals surface area contributed by atoms with Crippen LogP contribution in [-0.4, -0.2) is 44.5 Å². The van der Waals surface area contributed by atoms with Gasteiger partial charge in [-0.3, -0.25) is 0 Å². The molecule has 9 heteroatoms. The maximum atomic E-state index is 12.6. The minimum absolute atomic E-state index is 0.0398. The Kier molecular flexibility index (Phi) is 7.23. The zero-order chi connectivity index (χ0) is 17.4. The number of hydrogen-bond donors (Lipinski definition) is 2. The highest BCUT2D eigenvalue weighted by Crippen LogP contribution is 2.38. The van der Waals surface area contributed by atoms with Gasteiger partial charge in [0.2, 0.25) is 6.79 Å². The van der Waals surface area contributed by atoms with Crippen LogP contribution in [-0.2, 0) is 6.54 Å². The topological polar surface area (TPSA) is 64.1 Å². The molecule has 0 unspecified atom stereocenters. The molecule has 134 valence electrons. The van der Waals surface area contributed by atoms with Gasteiger partial charge in [-0.05, 0) is 19.2 Å². The van der Waals surface area contributed by atoms with Gasteiger partial charge in [-0.15, -0.1) is 0 Å². The average molecular weight is 361 g/mol. The maximum absolute atomic E-state index is 12.6. The quantitative estimate of drug-likeness (QED) is 0.421. The molecule has 0 aromatic heterocycles. The zero-order valence-electron chi connectivity index (χ0n) is 13.6. The summed E-state index contributed by atoms with van der Waals surface area (Å²) >= 11 is 1.72.